The number of nitrogens with zero attached hydrogens (tertiary/aromatic N) is 1. The number of piperidine rings is 1. The van der Waals surface area contributed by atoms with Gasteiger partial charge in [0.1, 0.15) is 4.92 Å². The maximum Gasteiger partial charge on any atom is 0.433 e. The molecule has 1 amide bonds. The molecule has 0 spiro atoms. The minimum Gasteiger partial charge on any atom is -0.395 e. The third-order valence-electron chi connectivity index (χ3n) is 2.67. The van der Waals surface area contributed by atoms with Gasteiger partial charge in [0.25, 0.3) is 5.91 Å². The number of carbonyl (C=O) groups is 1. The molecule has 1 aromatic rings. The van der Waals surface area contributed by atoms with E-state index < -0.39 is 16.7 Å². The lowest BCUT2D eigenvalue weighted by molar-refractivity contribution is -0.402. The molecule has 0 radical (unpaired) electrons. The Kier molecular flexibility index (Phi) is 5.11. The van der Waals surface area contributed by atoms with Gasteiger partial charge in [-0.2, -0.15) is 0 Å². The van der Waals surface area contributed by atoms with E-state index in [4.69, 9.17) is 4.42 Å². The Bertz CT molecular complexity index is 429. The summed E-state index contributed by atoms with van der Waals surface area (Å²) in [6.45, 7) is 1.73. The molecule has 1 aliphatic rings. The number of amides is 1. The molecule has 0 aromatic carbocycles. The Morgan fingerprint density at radius 2 is 2.11 bits per heavy atom. The number of rotatable bonds is 3. The fourth-order valence-corrected chi connectivity index (χ4v) is 1.77. The Morgan fingerprint density at radius 3 is 2.67 bits per heavy atom. The maximum atomic E-state index is 11.7. The molecule has 2 heterocycles. The molecular weight excluding hydrogens is 262 g/mol. The summed E-state index contributed by atoms with van der Waals surface area (Å²) in [5.41, 5.74) is 0. The highest BCUT2D eigenvalue weighted by Gasteiger charge is 2.20. The number of halogens is 1. The van der Waals surface area contributed by atoms with Crippen LogP contribution in [0.1, 0.15) is 23.4 Å². The van der Waals surface area contributed by atoms with Crippen molar-refractivity contribution in [3.05, 3.63) is 28.0 Å². The zero-order valence-electron chi connectivity index (χ0n) is 9.55. The van der Waals surface area contributed by atoms with E-state index in [0.29, 0.717) is 0 Å². The van der Waals surface area contributed by atoms with Crippen molar-refractivity contribution in [3.8, 4) is 0 Å². The smallest absolute Gasteiger partial charge is 0.395 e. The zero-order chi connectivity index (χ0) is 12.3. The second-order valence-corrected chi connectivity index (χ2v) is 3.89. The molecule has 1 aliphatic heterocycles. The van der Waals surface area contributed by atoms with Gasteiger partial charge in [0.05, 0.1) is 6.07 Å². The van der Waals surface area contributed by atoms with Crippen molar-refractivity contribution >= 4 is 24.2 Å². The molecule has 2 rings (SSSR count). The van der Waals surface area contributed by atoms with Gasteiger partial charge in [-0.3, -0.25) is 14.9 Å². The van der Waals surface area contributed by atoms with Crippen molar-refractivity contribution in [1.82, 2.24) is 10.6 Å². The zero-order valence-corrected chi connectivity index (χ0v) is 10.4. The molecule has 0 bridgehead atoms. The van der Waals surface area contributed by atoms with E-state index in [2.05, 4.69) is 10.6 Å². The summed E-state index contributed by atoms with van der Waals surface area (Å²) < 4.78 is 4.82. The topological polar surface area (TPSA) is 97.4 Å². The molecule has 1 saturated heterocycles. The van der Waals surface area contributed by atoms with Crippen LogP contribution in [-0.4, -0.2) is 30.0 Å². The number of carbonyl (C=O) groups excluding carboxylic acids is 1. The van der Waals surface area contributed by atoms with Crippen molar-refractivity contribution in [2.75, 3.05) is 13.1 Å². The Labute approximate surface area is 109 Å². The van der Waals surface area contributed by atoms with Crippen molar-refractivity contribution in [2.45, 2.75) is 18.9 Å². The molecule has 100 valence electrons. The average Bonchev–Trinajstić information content (AvgIpc) is 2.79. The molecule has 2 N–H and O–H groups in total. The van der Waals surface area contributed by atoms with E-state index in [1.54, 1.807) is 0 Å². The highest BCUT2D eigenvalue weighted by molar-refractivity contribution is 5.91. The summed E-state index contributed by atoms with van der Waals surface area (Å²) in [6.07, 6.45) is 1.71. The first-order valence-electron chi connectivity index (χ1n) is 5.42. The molecule has 1 aromatic heterocycles. The van der Waals surface area contributed by atoms with Crippen LogP contribution in [-0.2, 0) is 0 Å². The van der Waals surface area contributed by atoms with Crippen LogP contribution in [0.4, 0.5) is 5.88 Å². The molecule has 8 heteroatoms. The van der Waals surface area contributed by atoms with Gasteiger partial charge in [-0.1, -0.05) is 0 Å². The lowest BCUT2D eigenvalue weighted by atomic mass is 10.1. The summed E-state index contributed by atoms with van der Waals surface area (Å²) in [6, 6.07) is 2.60. The van der Waals surface area contributed by atoms with Gasteiger partial charge in [-0.25, -0.2) is 0 Å². The molecule has 7 nitrogen and oxygen atoms in total. The standard InChI is InChI=1S/C10H13N3O4.ClH/c14-10(12-7-3-5-11-6-4-7)8-1-2-9(17-8)13(15)16;/h1-2,7,11H,3-6H2,(H,12,14);1H. The first-order chi connectivity index (χ1) is 8.16. The number of hydrogen-bond acceptors (Lipinski definition) is 5. The van der Waals surface area contributed by atoms with Crippen LogP contribution in [0, 0.1) is 10.1 Å². The second-order valence-electron chi connectivity index (χ2n) is 3.89. The van der Waals surface area contributed by atoms with Crippen LogP contribution in [0.2, 0.25) is 0 Å². The Balaban J connectivity index is 0.00000162. The number of nitrogens with one attached hydrogen (secondary N) is 2. The van der Waals surface area contributed by atoms with Crippen LogP contribution in [0.25, 0.3) is 0 Å². The molecule has 0 aliphatic carbocycles. The predicted octanol–water partition coefficient (Wildman–Crippen LogP) is 1.09. The largest absolute Gasteiger partial charge is 0.433 e. The fraction of sp³-hybridized carbons (Fsp3) is 0.500. The SMILES string of the molecule is Cl.O=C(NC1CCNCC1)c1ccc([N+](=O)[O-])o1. The molecule has 1 fully saturated rings. The van der Waals surface area contributed by atoms with Crippen LogP contribution in [0.15, 0.2) is 16.5 Å². The first kappa shape index (κ1) is 14.5. The van der Waals surface area contributed by atoms with Crippen molar-refractivity contribution < 1.29 is 14.1 Å². The second kappa shape index (κ2) is 6.36. The van der Waals surface area contributed by atoms with Crippen molar-refractivity contribution in [1.29, 1.82) is 0 Å². The van der Waals surface area contributed by atoms with Gasteiger partial charge in [0.2, 0.25) is 0 Å². The molecule has 0 unspecified atom stereocenters. The van der Waals surface area contributed by atoms with Crippen LogP contribution in [0.3, 0.4) is 0 Å². The number of hydrogen-bond donors (Lipinski definition) is 2. The van der Waals surface area contributed by atoms with E-state index in [9.17, 15) is 14.9 Å². The number of furan rings is 1. The monoisotopic (exact) mass is 275 g/mol. The summed E-state index contributed by atoms with van der Waals surface area (Å²) in [4.78, 5) is 21.4. The van der Waals surface area contributed by atoms with Crippen molar-refractivity contribution in [3.63, 3.8) is 0 Å². The average molecular weight is 276 g/mol. The van der Waals surface area contributed by atoms with E-state index in [-0.39, 0.29) is 24.2 Å². The fourth-order valence-electron chi connectivity index (χ4n) is 1.77. The summed E-state index contributed by atoms with van der Waals surface area (Å²) in [5.74, 6) is -0.833. The normalized spacial score (nSPS) is 15.8. The summed E-state index contributed by atoms with van der Waals surface area (Å²) >= 11 is 0. The Hall–Kier alpha value is -1.60. The maximum absolute atomic E-state index is 11.7. The van der Waals surface area contributed by atoms with E-state index in [1.807, 2.05) is 0 Å². The van der Waals surface area contributed by atoms with E-state index in [1.165, 1.54) is 12.1 Å². The van der Waals surface area contributed by atoms with E-state index in [0.717, 1.165) is 25.9 Å². The minimum absolute atomic E-state index is 0. The quantitative estimate of drug-likeness (QED) is 0.636. The summed E-state index contributed by atoms with van der Waals surface area (Å²) in [5, 5.41) is 16.4. The Morgan fingerprint density at radius 1 is 1.44 bits per heavy atom. The van der Waals surface area contributed by atoms with Crippen LogP contribution < -0.4 is 10.6 Å². The number of nitro groups is 1. The molecule has 0 atom stereocenters. The molecule has 0 saturated carbocycles. The third-order valence-corrected chi connectivity index (χ3v) is 2.67. The first-order valence-corrected chi connectivity index (χ1v) is 5.42. The van der Waals surface area contributed by atoms with Gasteiger partial charge in [-0.05, 0) is 32.0 Å². The minimum atomic E-state index is -0.665. The molecule has 18 heavy (non-hydrogen) atoms. The van der Waals surface area contributed by atoms with E-state index >= 15 is 0 Å². The predicted molar refractivity (Wildman–Crippen MR) is 66.0 cm³/mol. The lowest BCUT2D eigenvalue weighted by Crippen LogP contribution is -2.42. The van der Waals surface area contributed by atoms with Gasteiger partial charge in [-0.15, -0.1) is 12.4 Å². The molecular formula is C10H14ClN3O4. The lowest BCUT2D eigenvalue weighted by Gasteiger charge is -2.23. The van der Waals surface area contributed by atoms with Gasteiger partial charge >= 0.3 is 5.88 Å². The van der Waals surface area contributed by atoms with Crippen molar-refractivity contribution in [2.24, 2.45) is 0 Å². The van der Waals surface area contributed by atoms with Gasteiger partial charge in [0, 0.05) is 6.04 Å². The van der Waals surface area contributed by atoms with Gasteiger partial charge < -0.3 is 15.1 Å². The van der Waals surface area contributed by atoms with Crippen LogP contribution >= 0.6 is 12.4 Å². The van der Waals surface area contributed by atoms with Crippen LogP contribution in [0.5, 0.6) is 0 Å². The highest BCUT2D eigenvalue weighted by Crippen LogP contribution is 2.16. The summed E-state index contributed by atoms with van der Waals surface area (Å²) in [7, 11) is 0. The third kappa shape index (κ3) is 3.44. The van der Waals surface area contributed by atoms with Gasteiger partial charge in [0.15, 0.2) is 5.76 Å². The highest BCUT2D eigenvalue weighted by atomic mass is 35.5.